The molecule has 34 heavy (non-hydrogen) atoms. The van der Waals surface area contributed by atoms with E-state index in [1.165, 1.54) is 18.2 Å². The molecule has 3 aromatic carbocycles. The molecule has 0 radical (unpaired) electrons. The Morgan fingerprint density at radius 3 is 2.32 bits per heavy atom. The molecule has 3 aromatic rings. The predicted molar refractivity (Wildman–Crippen MR) is 119 cm³/mol. The fourth-order valence-electron chi connectivity index (χ4n) is 3.61. The predicted octanol–water partition coefficient (Wildman–Crippen LogP) is 6.88. The van der Waals surface area contributed by atoms with Gasteiger partial charge in [-0.15, -0.1) is 0 Å². The van der Waals surface area contributed by atoms with Crippen molar-refractivity contribution >= 4 is 50.8 Å². The summed E-state index contributed by atoms with van der Waals surface area (Å²) in [5, 5.41) is 7.26. The Bertz CT molecular complexity index is 1330. The summed E-state index contributed by atoms with van der Waals surface area (Å²) >= 11 is 9.42. The number of carbonyl (C=O) groups is 2. The van der Waals surface area contributed by atoms with Crippen molar-refractivity contribution < 1.29 is 31.5 Å². The van der Waals surface area contributed by atoms with Crippen molar-refractivity contribution in [1.29, 1.82) is 0 Å². The molecule has 1 aliphatic heterocycles. The van der Waals surface area contributed by atoms with Crippen LogP contribution in [0.25, 0.3) is 0 Å². The van der Waals surface area contributed by atoms with E-state index in [0.29, 0.717) is 4.47 Å². The average Bonchev–Trinajstić information content (AvgIpc) is 3.06. The van der Waals surface area contributed by atoms with Crippen molar-refractivity contribution in [2.24, 2.45) is 0 Å². The molecule has 0 saturated heterocycles. The second-order valence-electron chi connectivity index (χ2n) is 7.25. The highest BCUT2D eigenvalue weighted by Gasteiger charge is 2.36. The molecule has 0 aliphatic carbocycles. The number of halogens is 7. The van der Waals surface area contributed by atoms with Crippen LogP contribution in [0.5, 0.6) is 0 Å². The number of carbonyl (C=O) groups excluding carboxylic acids is 2. The molecule has 3 N–H and O–H groups in total. The zero-order chi connectivity index (χ0) is 24.8. The third-order valence-electron chi connectivity index (χ3n) is 5.01. The van der Waals surface area contributed by atoms with Gasteiger partial charge in [0.1, 0.15) is 11.6 Å². The van der Waals surface area contributed by atoms with Gasteiger partial charge in [0, 0.05) is 31.9 Å². The molecule has 5 nitrogen and oxygen atoms in total. The van der Waals surface area contributed by atoms with E-state index in [2.05, 4.69) is 26.6 Å². The quantitative estimate of drug-likeness (QED) is 0.306. The molecule has 1 aliphatic rings. The molecule has 0 spiro atoms. The van der Waals surface area contributed by atoms with Gasteiger partial charge in [-0.3, -0.25) is 4.79 Å². The lowest BCUT2D eigenvalue weighted by Gasteiger charge is -2.19. The number of hydrogen-bond donors (Lipinski definition) is 3. The highest BCUT2D eigenvalue weighted by atomic mass is 79.9. The van der Waals surface area contributed by atoms with Gasteiger partial charge in [0.2, 0.25) is 0 Å². The highest BCUT2D eigenvalue weighted by molar-refractivity contribution is 9.10. The number of rotatable bonds is 3. The minimum Gasteiger partial charge on any atom is -0.341 e. The number of alkyl halides is 3. The summed E-state index contributed by atoms with van der Waals surface area (Å²) in [6, 6.07) is 6.26. The molecule has 0 bridgehead atoms. The smallest absolute Gasteiger partial charge is 0.341 e. The molecular weight excluding hydrogens is 549 g/mol. The van der Waals surface area contributed by atoms with Gasteiger partial charge in [0.05, 0.1) is 17.3 Å². The Morgan fingerprint density at radius 2 is 1.62 bits per heavy atom. The summed E-state index contributed by atoms with van der Waals surface area (Å²) in [6.45, 7) is 0. The zero-order valence-corrected chi connectivity index (χ0v) is 19.0. The molecular formula is C22H12BrClF5N3O2. The van der Waals surface area contributed by atoms with Gasteiger partial charge in [-0.1, -0.05) is 27.5 Å². The Kier molecular flexibility index (Phi) is 6.26. The minimum absolute atomic E-state index is 0.0567. The summed E-state index contributed by atoms with van der Waals surface area (Å²) in [5.41, 5.74) is -1.38. The largest absolute Gasteiger partial charge is 0.418 e. The van der Waals surface area contributed by atoms with E-state index in [-0.39, 0.29) is 33.5 Å². The first-order valence-electron chi connectivity index (χ1n) is 9.48. The lowest BCUT2D eigenvalue weighted by Crippen LogP contribution is -2.24. The maximum Gasteiger partial charge on any atom is 0.418 e. The second-order valence-corrected chi connectivity index (χ2v) is 8.58. The van der Waals surface area contributed by atoms with Crippen LogP contribution in [0.4, 0.5) is 38.1 Å². The molecule has 176 valence electrons. The van der Waals surface area contributed by atoms with Crippen LogP contribution in [-0.2, 0) is 6.18 Å². The van der Waals surface area contributed by atoms with Gasteiger partial charge in [-0.2, -0.15) is 13.2 Å². The maximum absolute atomic E-state index is 13.9. The summed E-state index contributed by atoms with van der Waals surface area (Å²) < 4.78 is 67.4. The Balaban J connectivity index is 1.71. The molecule has 1 atom stereocenters. The fraction of sp³-hybridized carbons (Fsp3) is 0.0909. The Morgan fingerprint density at radius 1 is 0.971 bits per heavy atom. The Hall–Kier alpha value is -3.18. The topological polar surface area (TPSA) is 70.2 Å². The van der Waals surface area contributed by atoms with Crippen LogP contribution in [0.2, 0.25) is 5.02 Å². The monoisotopic (exact) mass is 559 g/mol. The molecule has 4 rings (SSSR count). The summed E-state index contributed by atoms with van der Waals surface area (Å²) in [7, 11) is 0. The molecule has 12 heteroatoms. The maximum atomic E-state index is 13.9. The standard InChI is InChI=1S/C22H12BrClF5N3O2/c23-9-5-13-18(19(32-20(13)33)12-7-10(25)1-3-15(12)24)17(6-9)31-21(34)30-16-4-2-11(26)8-14(16)22(27,28)29/h1-8,19H,(H,32,33)(H2,30,31,34). The van der Waals surface area contributed by atoms with E-state index < -0.39 is 47.0 Å². The van der Waals surface area contributed by atoms with Crippen LogP contribution >= 0.6 is 27.5 Å². The van der Waals surface area contributed by atoms with Gasteiger partial charge in [-0.25, -0.2) is 13.6 Å². The van der Waals surface area contributed by atoms with Gasteiger partial charge in [0.15, 0.2) is 0 Å². The van der Waals surface area contributed by atoms with Gasteiger partial charge in [-0.05, 0) is 48.5 Å². The van der Waals surface area contributed by atoms with Crippen molar-refractivity contribution in [2.45, 2.75) is 12.2 Å². The van der Waals surface area contributed by atoms with E-state index in [4.69, 9.17) is 11.6 Å². The average molecular weight is 561 g/mol. The van der Waals surface area contributed by atoms with E-state index in [9.17, 15) is 31.5 Å². The van der Waals surface area contributed by atoms with Crippen molar-refractivity contribution in [3.05, 3.63) is 91.9 Å². The van der Waals surface area contributed by atoms with Gasteiger partial charge < -0.3 is 16.0 Å². The van der Waals surface area contributed by atoms with Gasteiger partial charge in [0.25, 0.3) is 5.91 Å². The second kappa shape index (κ2) is 8.88. The number of hydrogen-bond acceptors (Lipinski definition) is 2. The minimum atomic E-state index is -4.92. The van der Waals surface area contributed by atoms with Gasteiger partial charge >= 0.3 is 12.2 Å². The summed E-state index contributed by atoms with van der Waals surface area (Å²) in [5.74, 6) is -2.26. The lowest BCUT2D eigenvalue weighted by atomic mass is 9.96. The zero-order valence-electron chi connectivity index (χ0n) is 16.7. The van der Waals surface area contributed by atoms with E-state index in [0.717, 1.165) is 24.3 Å². The van der Waals surface area contributed by atoms with Crippen LogP contribution in [0.3, 0.4) is 0 Å². The summed E-state index contributed by atoms with van der Waals surface area (Å²) in [4.78, 5) is 25.2. The molecule has 0 fully saturated rings. The van der Waals surface area contributed by atoms with E-state index in [1.807, 2.05) is 5.32 Å². The van der Waals surface area contributed by atoms with Crippen molar-refractivity contribution in [3.63, 3.8) is 0 Å². The normalized spacial score (nSPS) is 15.0. The van der Waals surface area contributed by atoms with E-state index >= 15 is 0 Å². The van der Waals surface area contributed by atoms with Crippen LogP contribution in [0.1, 0.15) is 33.1 Å². The SMILES string of the molecule is O=C(Nc1ccc(F)cc1C(F)(F)F)Nc1cc(Br)cc2c1C(c1cc(F)ccc1Cl)NC2=O. The first-order chi connectivity index (χ1) is 15.9. The first kappa shape index (κ1) is 24.0. The number of nitrogens with one attached hydrogen (secondary N) is 3. The van der Waals surface area contributed by atoms with Crippen LogP contribution < -0.4 is 16.0 Å². The third-order valence-corrected chi connectivity index (χ3v) is 5.81. The summed E-state index contributed by atoms with van der Waals surface area (Å²) in [6.07, 6.45) is -4.92. The number of anilines is 2. The van der Waals surface area contributed by atoms with Crippen LogP contribution in [0.15, 0.2) is 53.0 Å². The van der Waals surface area contributed by atoms with Crippen LogP contribution in [0, 0.1) is 11.6 Å². The van der Waals surface area contributed by atoms with Crippen LogP contribution in [-0.4, -0.2) is 11.9 Å². The Labute approximate surface area is 202 Å². The number of urea groups is 1. The molecule has 1 unspecified atom stereocenters. The number of benzene rings is 3. The van der Waals surface area contributed by atoms with Crippen molar-refractivity contribution in [2.75, 3.05) is 10.6 Å². The third kappa shape index (κ3) is 4.71. The number of fused-ring (bicyclic) bond motifs is 1. The highest BCUT2D eigenvalue weighted by Crippen LogP contribution is 2.41. The number of amides is 3. The molecule has 0 saturated carbocycles. The first-order valence-corrected chi connectivity index (χ1v) is 10.6. The fourth-order valence-corrected chi connectivity index (χ4v) is 4.29. The molecule has 3 amide bonds. The van der Waals surface area contributed by atoms with Crippen molar-refractivity contribution in [1.82, 2.24) is 5.32 Å². The molecule has 0 aromatic heterocycles. The van der Waals surface area contributed by atoms with E-state index in [1.54, 1.807) is 0 Å². The lowest BCUT2D eigenvalue weighted by molar-refractivity contribution is -0.137. The molecule has 1 heterocycles. The van der Waals surface area contributed by atoms with Crippen molar-refractivity contribution in [3.8, 4) is 0 Å².